The molecule has 4 heteroatoms. The van der Waals surface area contributed by atoms with E-state index in [1.165, 1.54) is 18.4 Å². The van der Waals surface area contributed by atoms with Gasteiger partial charge in [0.05, 0.1) is 19.3 Å². The van der Waals surface area contributed by atoms with Crippen molar-refractivity contribution < 1.29 is 9.53 Å². The zero-order valence-electron chi connectivity index (χ0n) is 13.9. The van der Waals surface area contributed by atoms with Crippen LogP contribution in [0.3, 0.4) is 0 Å². The molecule has 1 aromatic carbocycles. The standard InChI is InChI=1S/C19H28N2O2/c22-19(15-20-14-17-6-7-17)21-11-8-18(9-12-21)23-13-10-16-4-2-1-3-5-16/h1-5,17-18,20H,6-15H2. The molecule has 126 valence electrons. The lowest BCUT2D eigenvalue weighted by Crippen LogP contribution is -2.44. The van der Waals surface area contributed by atoms with Crippen LogP contribution in [0, 0.1) is 5.92 Å². The van der Waals surface area contributed by atoms with E-state index in [0.29, 0.717) is 12.6 Å². The lowest BCUT2D eigenvalue weighted by atomic mass is 10.1. The van der Waals surface area contributed by atoms with Crippen LogP contribution in [-0.4, -0.2) is 49.7 Å². The van der Waals surface area contributed by atoms with Gasteiger partial charge in [0.25, 0.3) is 0 Å². The van der Waals surface area contributed by atoms with Gasteiger partial charge in [-0.05, 0) is 50.1 Å². The van der Waals surface area contributed by atoms with Crippen molar-refractivity contribution in [2.45, 2.75) is 38.2 Å². The number of piperidine rings is 1. The summed E-state index contributed by atoms with van der Waals surface area (Å²) in [6, 6.07) is 10.4. The average molecular weight is 316 g/mol. The summed E-state index contributed by atoms with van der Waals surface area (Å²) >= 11 is 0. The molecule has 0 spiro atoms. The Morgan fingerprint density at radius 2 is 1.87 bits per heavy atom. The van der Waals surface area contributed by atoms with Gasteiger partial charge in [-0.1, -0.05) is 30.3 Å². The van der Waals surface area contributed by atoms with Crippen molar-refractivity contribution in [3.63, 3.8) is 0 Å². The zero-order valence-corrected chi connectivity index (χ0v) is 13.9. The summed E-state index contributed by atoms with van der Waals surface area (Å²) in [5.41, 5.74) is 1.32. The molecule has 23 heavy (non-hydrogen) atoms. The minimum atomic E-state index is 0.244. The highest BCUT2D eigenvalue weighted by Gasteiger charge is 2.24. The van der Waals surface area contributed by atoms with E-state index < -0.39 is 0 Å². The Balaban J connectivity index is 1.28. The Bertz CT molecular complexity index is 479. The van der Waals surface area contributed by atoms with Crippen LogP contribution in [0.2, 0.25) is 0 Å². The Morgan fingerprint density at radius 1 is 1.13 bits per heavy atom. The summed E-state index contributed by atoms with van der Waals surface area (Å²) in [5.74, 6) is 1.07. The molecule has 2 fully saturated rings. The molecule has 4 nitrogen and oxygen atoms in total. The molecule has 3 rings (SSSR count). The predicted octanol–water partition coefficient (Wildman–Crippen LogP) is 2.24. The summed E-state index contributed by atoms with van der Waals surface area (Å²) in [7, 11) is 0. The summed E-state index contributed by atoms with van der Waals surface area (Å²) in [5, 5.41) is 3.29. The van der Waals surface area contributed by atoms with E-state index in [2.05, 4.69) is 29.6 Å². The molecular weight excluding hydrogens is 288 g/mol. The molecule has 1 aliphatic heterocycles. The molecule has 0 radical (unpaired) electrons. The highest BCUT2D eigenvalue weighted by atomic mass is 16.5. The number of carbonyl (C=O) groups excluding carboxylic acids is 1. The van der Waals surface area contributed by atoms with Crippen molar-refractivity contribution in [1.29, 1.82) is 0 Å². The second-order valence-electron chi connectivity index (χ2n) is 6.76. The molecule has 0 unspecified atom stereocenters. The van der Waals surface area contributed by atoms with Gasteiger partial charge in [0, 0.05) is 13.1 Å². The smallest absolute Gasteiger partial charge is 0.236 e. The maximum Gasteiger partial charge on any atom is 0.236 e. The van der Waals surface area contributed by atoms with Gasteiger partial charge in [-0.15, -0.1) is 0 Å². The molecule has 1 amide bonds. The second kappa shape index (κ2) is 8.46. The number of ether oxygens (including phenoxy) is 1. The van der Waals surface area contributed by atoms with Gasteiger partial charge in [-0.2, -0.15) is 0 Å². The highest BCUT2D eigenvalue weighted by Crippen LogP contribution is 2.27. The fourth-order valence-corrected chi connectivity index (χ4v) is 3.08. The largest absolute Gasteiger partial charge is 0.378 e. The van der Waals surface area contributed by atoms with Crippen molar-refractivity contribution in [3.05, 3.63) is 35.9 Å². The summed E-state index contributed by atoms with van der Waals surface area (Å²) in [4.78, 5) is 14.1. The lowest BCUT2D eigenvalue weighted by molar-refractivity contribution is -0.132. The number of carbonyl (C=O) groups is 1. The fraction of sp³-hybridized carbons (Fsp3) is 0.632. The third-order valence-corrected chi connectivity index (χ3v) is 4.79. The number of rotatable bonds is 8. The van der Waals surface area contributed by atoms with Gasteiger partial charge in [-0.25, -0.2) is 0 Å². The van der Waals surface area contributed by atoms with Gasteiger partial charge < -0.3 is 15.0 Å². The Morgan fingerprint density at radius 3 is 2.57 bits per heavy atom. The molecule has 1 aliphatic carbocycles. The molecule has 0 atom stereocenters. The summed E-state index contributed by atoms with van der Waals surface area (Å²) in [6.45, 7) is 3.94. The quantitative estimate of drug-likeness (QED) is 0.800. The zero-order chi connectivity index (χ0) is 15.9. The fourth-order valence-electron chi connectivity index (χ4n) is 3.08. The Labute approximate surface area is 139 Å². The van der Waals surface area contributed by atoms with Crippen LogP contribution in [0.4, 0.5) is 0 Å². The van der Waals surface area contributed by atoms with Crippen molar-refractivity contribution in [2.24, 2.45) is 5.92 Å². The molecule has 2 aliphatic rings. The molecule has 1 saturated carbocycles. The first-order valence-electron chi connectivity index (χ1n) is 8.95. The molecular formula is C19H28N2O2. The van der Waals surface area contributed by atoms with Crippen LogP contribution < -0.4 is 5.32 Å². The summed E-state index contributed by atoms with van der Waals surface area (Å²) in [6.07, 6.45) is 5.85. The third kappa shape index (κ3) is 5.63. The van der Waals surface area contributed by atoms with Gasteiger partial charge in [0.15, 0.2) is 0 Å². The van der Waals surface area contributed by atoms with Crippen LogP contribution in [0.5, 0.6) is 0 Å². The second-order valence-corrected chi connectivity index (χ2v) is 6.76. The molecule has 1 aromatic rings. The van der Waals surface area contributed by atoms with E-state index in [-0.39, 0.29) is 5.91 Å². The van der Waals surface area contributed by atoms with Crippen LogP contribution in [0.15, 0.2) is 30.3 Å². The molecule has 0 bridgehead atoms. The van der Waals surface area contributed by atoms with Gasteiger partial charge in [0.1, 0.15) is 0 Å². The monoisotopic (exact) mass is 316 g/mol. The first-order valence-corrected chi connectivity index (χ1v) is 8.95. The molecule has 0 aromatic heterocycles. The van der Waals surface area contributed by atoms with E-state index >= 15 is 0 Å². The molecule has 1 heterocycles. The highest BCUT2D eigenvalue weighted by molar-refractivity contribution is 5.78. The van der Waals surface area contributed by atoms with Crippen molar-refractivity contribution >= 4 is 5.91 Å². The van der Waals surface area contributed by atoms with E-state index in [1.54, 1.807) is 0 Å². The van der Waals surface area contributed by atoms with Gasteiger partial charge >= 0.3 is 0 Å². The van der Waals surface area contributed by atoms with E-state index in [0.717, 1.165) is 51.4 Å². The number of nitrogens with zero attached hydrogens (tertiary/aromatic N) is 1. The number of likely N-dealkylation sites (tertiary alicyclic amines) is 1. The normalized spacial score (nSPS) is 19.0. The predicted molar refractivity (Wildman–Crippen MR) is 91.3 cm³/mol. The third-order valence-electron chi connectivity index (χ3n) is 4.79. The number of nitrogens with one attached hydrogen (secondary N) is 1. The Kier molecular flexibility index (Phi) is 6.06. The average Bonchev–Trinajstić information content (AvgIpc) is 3.41. The number of hydrogen-bond donors (Lipinski definition) is 1. The van der Waals surface area contributed by atoms with E-state index in [9.17, 15) is 4.79 Å². The van der Waals surface area contributed by atoms with E-state index in [4.69, 9.17) is 4.74 Å². The van der Waals surface area contributed by atoms with Gasteiger partial charge in [-0.3, -0.25) is 4.79 Å². The Hall–Kier alpha value is -1.39. The van der Waals surface area contributed by atoms with Crippen molar-refractivity contribution in [3.8, 4) is 0 Å². The number of benzene rings is 1. The van der Waals surface area contributed by atoms with Crippen LogP contribution >= 0.6 is 0 Å². The number of hydrogen-bond acceptors (Lipinski definition) is 3. The minimum Gasteiger partial charge on any atom is -0.378 e. The minimum absolute atomic E-state index is 0.244. The van der Waals surface area contributed by atoms with Crippen molar-refractivity contribution in [2.75, 3.05) is 32.8 Å². The lowest BCUT2D eigenvalue weighted by Gasteiger charge is -2.32. The van der Waals surface area contributed by atoms with Gasteiger partial charge in [0.2, 0.25) is 5.91 Å². The van der Waals surface area contributed by atoms with Crippen LogP contribution in [0.1, 0.15) is 31.2 Å². The maximum atomic E-state index is 12.1. The van der Waals surface area contributed by atoms with Crippen molar-refractivity contribution in [1.82, 2.24) is 10.2 Å². The number of amides is 1. The van der Waals surface area contributed by atoms with Crippen LogP contribution in [0.25, 0.3) is 0 Å². The first-order chi connectivity index (χ1) is 11.3. The first kappa shape index (κ1) is 16.5. The molecule has 1 N–H and O–H groups in total. The SMILES string of the molecule is O=C(CNCC1CC1)N1CCC(OCCc2ccccc2)CC1. The summed E-state index contributed by atoms with van der Waals surface area (Å²) < 4.78 is 5.98. The topological polar surface area (TPSA) is 41.6 Å². The molecule has 1 saturated heterocycles. The maximum absolute atomic E-state index is 12.1. The van der Waals surface area contributed by atoms with Crippen LogP contribution in [-0.2, 0) is 16.0 Å². The van der Waals surface area contributed by atoms with E-state index in [1.807, 2.05) is 11.0 Å².